The molecular weight excluding hydrogens is 534 g/mol. The minimum Gasteiger partial charge on any atom is -0.456 e. The zero-order chi connectivity index (χ0) is 30.5. The largest absolute Gasteiger partial charge is 0.456 e. The molecule has 0 bridgehead atoms. The van der Waals surface area contributed by atoms with Gasteiger partial charge in [-0.05, 0) is 131 Å². The summed E-state index contributed by atoms with van der Waals surface area (Å²) in [6.07, 6.45) is 5.28. The molecule has 0 amide bonds. The quantitative estimate of drug-likeness (QED) is 0.285. The van der Waals surface area contributed by atoms with E-state index in [9.17, 15) is 14.4 Å². The van der Waals surface area contributed by atoms with Crippen molar-refractivity contribution < 1.29 is 28.6 Å². The SMILES string of the molecule is CC(C)(OC(=O)c1cccc(C(=O)OC(C)(C)C2CCNCC2)c1C(=O)OC(C)(C)C1CCNCC1)C1CCNCC1. The van der Waals surface area contributed by atoms with E-state index in [0.717, 1.165) is 77.8 Å². The van der Waals surface area contributed by atoms with Crippen LogP contribution in [0.3, 0.4) is 0 Å². The van der Waals surface area contributed by atoms with Gasteiger partial charge in [-0.15, -0.1) is 0 Å². The van der Waals surface area contributed by atoms with Gasteiger partial charge in [-0.3, -0.25) is 0 Å². The van der Waals surface area contributed by atoms with Crippen LogP contribution in [0.4, 0.5) is 0 Å². The van der Waals surface area contributed by atoms with Crippen LogP contribution < -0.4 is 16.0 Å². The number of piperidine rings is 3. The molecule has 3 N–H and O–H groups in total. The number of nitrogens with one attached hydrogen (secondary N) is 3. The fourth-order valence-electron chi connectivity index (χ4n) is 6.79. The summed E-state index contributed by atoms with van der Waals surface area (Å²) >= 11 is 0. The van der Waals surface area contributed by atoms with Gasteiger partial charge < -0.3 is 30.2 Å². The van der Waals surface area contributed by atoms with Crippen LogP contribution in [-0.2, 0) is 14.2 Å². The maximum atomic E-state index is 14.0. The average Bonchev–Trinajstić information content (AvgIpc) is 2.97. The Morgan fingerprint density at radius 3 is 1.14 bits per heavy atom. The summed E-state index contributed by atoms with van der Waals surface area (Å²) < 4.78 is 18.3. The molecule has 4 rings (SSSR count). The molecular formula is C33H51N3O6. The zero-order valence-electron chi connectivity index (χ0n) is 26.4. The molecule has 1 aromatic carbocycles. The molecule has 3 aliphatic rings. The molecule has 3 heterocycles. The lowest BCUT2D eigenvalue weighted by molar-refractivity contribution is -0.0422. The van der Waals surface area contributed by atoms with E-state index in [1.54, 1.807) is 18.2 Å². The summed E-state index contributed by atoms with van der Waals surface area (Å²) in [6, 6.07) is 4.70. The van der Waals surface area contributed by atoms with Crippen molar-refractivity contribution in [1.82, 2.24) is 16.0 Å². The molecule has 3 saturated heterocycles. The highest BCUT2D eigenvalue weighted by atomic mass is 16.6. The first-order valence-electron chi connectivity index (χ1n) is 15.8. The third-order valence-corrected chi connectivity index (χ3v) is 9.74. The number of rotatable bonds is 9. The Hall–Kier alpha value is -2.49. The molecule has 9 nitrogen and oxygen atoms in total. The highest BCUT2D eigenvalue weighted by Gasteiger charge is 2.41. The summed E-state index contributed by atoms with van der Waals surface area (Å²) in [4.78, 5) is 41.6. The highest BCUT2D eigenvalue weighted by Crippen LogP contribution is 2.35. The second-order valence-corrected chi connectivity index (χ2v) is 13.8. The average molecular weight is 586 g/mol. The smallest absolute Gasteiger partial charge is 0.340 e. The van der Waals surface area contributed by atoms with Crippen LogP contribution in [0, 0.1) is 17.8 Å². The van der Waals surface area contributed by atoms with Crippen LogP contribution in [0.15, 0.2) is 18.2 Å². The molecule has 234 valence electrons. The molecule has 0 spiro atoms. The number of hydrogen-bond donors (Lipinski definition) is 3. The fourth-order valence-corrected chi connectivity index (χ4v) is 6.79. The first kappa shape index (κ1) is 32.4. The number of hydrogen-bond acceptors (Lipinski definition) is 9. The predicted molar refractivity (Wildman–Crippen MR) is 162 cm³/mol. The van der Waals surface area contributed by atoms with Gasteiger partial charge in [0.15, 0.2) is 0 Å². The molecule has 0 aromatic heterocycles. The third kappa shape index (κ3) is 7.71. The van der Waals surface area contributed by atoms with Crippen LogP contribution in [0.2, 0.25) is 0 Å². The second kappa shape index (κ2) is 13.4. The van der Waals surface area contributed by atoms with Gasteiger partial charge in [0, 0.05) is 17.8 Å². The molecule has 3 aliphatic heterocycles. The Labute approximate surface area is 251 Å². The lowest BCUT2D eigenvalue weighted by atomic mass is 9.83. The molecule has 3 fully saturated rings. The van der Waals surface area contributed by atoms with E-state index >= 15 is 0 Å². The first-order chi connectivity index (χ1) is 19.8. The Kier molecular flexibility index (Phi) is 10.4. The zero-order valence-corrected chi connectivity index (χ0v) is 26.4. The normalized spacial score (nSPS) is 20.1. The molecule has 0 radical (unpaired) electrons. The van der Waals surface area contributed by atoms with Gasteiger partial charge in [0.05, 0.1) is 16.7 Å². The summed E-state index contributed by atoms with van der Waals surface area (Å²) in [7, 11) is 0. The second-order valence-electron chi connectivity index (χ2n) is 13.8. The van der Waals surface area contributed by atoms with E-state index < -0.39 is 34.7 Å². The van der Waals surface area contributed by atoms with E-state index in [1.807, 2.05) is 41.5 Å². The van der Waals surface area contributed by atoms with Crippen molar-refractivity contribution in [3.8, 4) is 0 Å². The molecule has 1 aromatic rings. The Balaban J connectivity index is 1.66. The highest BCUT2D eigenvalue weighted by molar-refractivity contribution is 6.10. The Morgan fingerprint density at radius 2 is 0.833 bits per heavy atom. The summed E-state index contributed by atoms with van der Waals surface area (Å²) in [6.45, 7) is 16.6. The van der Waals surface area contributed by atoms with E-state index in [1.165, 1.54) is 0 Å². The van der Waals surface area contributed by atoms with Crippen LogP contribution in [-0.4, -0.2) is 74.0 Å². The molecule has 42 heavy (non-hydrogen) atoms. The number of benzene rings is 1. The molecule has 0 unspecified atom stereocenters. The van der Waals surface area contributed by atoms with E-state index in [-0.39, 0.29) is 34.4 Å². The van der Waals surface area contributed by atoms with E-state index in [4.69, 9.17) is 14.2 Å². The van der Waals surface area contributed by atoms with Gasteiger partial charge in [0.2, 0.25) is 0 Å². The Morgan fingerprint density at radius 1 is 0.548 bits per heavy atom. The van der Waals surface area contributed by atoms with Gasteiger partial charge in [-0.25, -0.2) is 14.4 Å². The van der Waals surface area contributed by atoms with Crippen LogP contribution in [0.5, 0.6) is 0 Å². The third-order valence-electron chi connectivity index (χ3n) is 9.74. The van der Waals surface area contributed by atoms with Crippen LogP contribution in [0.25, 0.3) is 0 Å². The maximum Gasteiger partial charge on any atom is 0.340 e. The fraction of sp³-hybridized carbons (Fsp3) is 0.727. The molecule has 0 atom stereocenters. The number of carbonyl (C=O) groups excluding carboxylic acids is 3. The number of ether oxygens (including phenoxy) is 3. The van der Waals surface area contributed by atoms with Crippen LogP contribution in [0.1, 0.15) is 111 Å². The lowest BCUT2D eigenvalue weighted by Gasteiger charge is -2.38. The first-order valence-corrected chi connectivity index (χ1v) is 15.8. The van der Waals surface area contributed by atoms with Crippen molar-refractivity contribution in [1.29, 1.82) is 0 Å². The minimum atomic E-state index is -0.792. The van der Waals surface area contributed by atoms with Gasteiger partial charge in [-0.1, -0.05) is 6.07 Å². The van der Waals surface area contributed by atoms with E-state index in [0.29, 0.717) is 0 Å². The maximum absolute atomic E-state index is 14.0. The van der Waals surface area contributed by atoms with Crippen molar-refractivity contribution in [3.05, 3.63) is 34.9 Å². The van der Waals surface area contributed by atoms with Gasteiger partial charge >= 0.3 is 17.9 Å². The summed E-state index contributed by atoms with van der Waals surface area (Å²) in [5.41, 5.74) is -2.32. The molecule has 9 heteroatoms. The van der Waals surface area contributed by atoms with Gasteiger partial charge in [-0.2, -0.15) is 0 Å². The topological polar surface area (TPSA) is 115 Å². The molecule has 0 aliphatic carbocycles. The monoisotopic (exact) mass is 585 g/mol. The van der Waals surface area contributed by atoms with Crippen molar-refractivity contribution in [3.63, 3.8) is 0 Å². The van der Waals surface area contributed by atoms with Crippen molar-refractivity contribution >= 4 is 17.9 Å². The van der Waals surface area contributed by atoms with E-state index in [2.05, 4.69) is 16.0 Å². The standard InChI is InChI=1S/C33H51N3O6/c1-31(2,22-10-16-34-17-11-22)40-28(37)25-8-7-9-26(29(38)41-32(3,4)23-12-18-35-19-13-23)27(25)30(39)42-33(5,6)24-14-20-36-21-15-24/h7-9,22-24,34-36H,10-21H2,1-6H3. The van der Waals surface area contributed by atoms with Gasteiger partial charge in [0.25, 0.3) is 0 Å². The van der Waals surface area contributed by atoms with Crippen molar-refractivity contribution in [2.24, 2.45) is 17.8 Å². The summed E-state index contributed by atoms with van der Waals surface area (Å²) in [5.74, 6) is -1.49. The minimum absolute atomic E-state index is 0.0252. The van der Waals surface area contributed by atoms with Crippen molar-refractivity contribution in [2.75, 3.05) is 39.3 Å². The van der Waals surface area contributed by atoms with Crippen LogP contribution >= 0.6 is 0 Å². The summed E-state index contributed by atoms with van der Waals surface area (Å²) in [5, 5.41) is 10.0. The van der Waals surface area contributed by atoms with Gasteiger partial charge in [0.1, 0.15) is 16.8 Å². The van der Waals surface area contributed by atoms with Crippen molar-refractivity contribution in [2.45, 2.75) is 96.9 Å². The Bertz CT molecular complexity index is 1050. The number of esters is 3. The molecule has 0 saturated carbocycles. The lowest BCUT2D eigenvalue weighted by Crippen LogP contribution is -2.44. The number of carbonyl (C=O) groups is 3. The predicted octanol–water partition coefficient (Wildman–Crippen LogP) is 4.49.